The molecule has 1 unspecified atom stereocenters. The lowest BCUT2D eigenvalue weighted by molar-refractivity contribution is -0.116. The van der Waals surface area contributed by atoms with E-state index in [1.807, 2.05) is 0 Å². The van der Waals surface area contributed by atoms with Crippen LogP contribution < -0.4 is 0 Å². The van der Waals surface area contributed by atoms with Crippen molar-refractivity contribution in [1.29, 1.82) is 0 Å². The number of Topliss-reactive ketones (excluding diaryl/α,β-unsaturated/α-hetero) is 1. The number of halogens is 3. The average molecular weight is 235 g/mol. The smallest absolute Gasteiger partial charge is 0.152 e. The number of hydrogen-bond acceptors (Lipinski definition) is 1. The molecule has 0 aliphatic carbocycles. The lowest BCUT2D eigenvalue weighted by atomic mass is 10.1. The number of carbonyl (C=O) groups excluding carboxylic acids is 1. The summed E-state index contributed by atoms with van der Waals surface area (Å²) in [5.41, 5.74) is 1.00. The number of ketones is 1. The largest absolute Gasteiger partial charge is 0.298 e. The molecule has 1 nitrogen and oxygen atoms in total. The van der Waals surface area contributed by atoms with Crippen LogP contribution in [-0.4, -0.2) is 5.78 Å². The Bertz CT molecular complexity index is 352. The molecule has 4 heteroatoms. The van der Waals surface area contributed by atoms with Gasteiger partial charge in [0.25, 0.3) is 0 Å². The molecule has 14 heavy (non-hydrogen) atoms. The normalized spacial score (nSPS) is 12.6. The van der Waals surface area contributed by atoms with E-state index < -0.39 is 12.1 Å². The second-order valence-electron chi connectivity index (χ2n) is 2.96. The summed E-state index contributed by atoms with van der Waals surface area (Å²) in [7, 11) is 0. The third-order valence-corrected chi connectivity index (χ3v) is 2.78. The van der Waals surface area contributed by atoms with Crippen molar-refractivity contribution in [2.45, 2.75) is 19.0 Å². The van der Waals surface area contributed by atoms with Crippen molar-refractivity contribution < 1.29 is 9.18 Å². The van der Waals surface area contributed by atoms with Gasteiger partial charge in [-0.3, -0.25) is 4.79 Å². The van der Waals surface area contributed by atoms with Crippen LogP contribution >= 0.6 is 23.2 Å². The van der Waals surface area contributed by atoms with Crippen molar-refractivity contribution in [2.24, 2.45) is 0 Å². The summed E-state index contributed by atoms with van der Waals surface area (Å²) in [6.45, 7) is 0.779. The maximum atomic E-state index is 12.3. The first-order chi connectivity index (χ1) is 6.56. The SMILES string of the molecule is CC(=O)C(Cl)c1ccc(CF)c(Cl)c1. The van der Waals surface area contributed by atoms with Crippen molar-refractivity contribution in [3.63, 3.8) is 0 Å². The highest BCUT2D eigenvalue weighted by molar-refractivity contribution is 6.33. The molecular formula is C10H9Cl2FO. The van der Waals surface area contributed by atoms with Gasteiger partial charge in [0.2, 0.25) is 0 Å². The van der Waals surface area contributed by atoms with Crippen molar-refractivity contribution in [3.8, 4) is 0 Å². The Balaban J connectivity index is 3.02. The number of hydrogen-bond donors (Lipinski definition) is 0. The Morgan fingerprint density at radius 1 is 1.57 bits per heavy atom. The molecular weight excluding hydrogens is 226 g/mol. The molecule has 0 radical (unpaired) electrons. The van der Waals surface area contributed by atoms with E-state index in [2.05, 4.69) is 0 Å². The fourth-order valence-corrected chi connectivity index (χ4v) is 1.44. The zero-order valence-electron chi connectivity index (χ0n) is 7.56. The van der Waals surface area contributed by atoms with E-state index in [0.29, 0.717) is 16.1 Å². The third kappa shape index (κ3) is 2.46. The fraction of sp³-hybridized carbons (Fsp3) is 0.300. The maximum Gasteiger partial charge on any atom is 0.152 e. The molecule has 0 saturated carbocycles. The Morgan fingerprint density at radius 2 is 2.21 bits per heavy atom. The Labute approximate surface area is 91.8 Å². The highest BCUT2D eigenvalue weighted by atomic mass is 35.5. The van der Waals surface area contributed by atoms with Crippen LogP contribution in [0.1, 0.15) is 23.4 Å². The number of alkyl halides is 2. The molecule has 0 heterocycles. The van der Waals surface area contributed by atoms with Crippen LogP contribution in [0.2, 0.25) is 5.02 Å². The van der Waals surface area contributed by atoms with E-state index in [-0.39, 0.29) is 5.78 Å². The van der Waals surface area contributed by atoms with Gasteiger partial charge in [-0.25, -0.2) is 4.39 Å². The van der Waals surface area contributed by atoms with E-state index >= 15 is 0 Å². The van der Waals surface area contributed by atoms with Crippen LogP contribution in [0.3, 0.4) is 0 Å². The minimum absolute atomic E-state index is 0.157. The van der Waals surface area contributed by atoms with Crippen molar-refractivity contribution in [3.05, 3.63) is 34.3 Å². The van der Waals surface area contributed by atoms with Gasteiger partial charge in [0.1, 0.15) is 12.1 Å². The molecule has 0 N–H and O–H groups in total. The molecule has 76 valence electrons. The van der Waals surface area contributed by atoms with E-state index in [1.54, 1.807) is 6.07 Å². The second-order valence-corrected chi connectivity index (χ2v) is 3.80. The highest BCUT2D eigenvalue weighted by Crippen LogP contribution is 2.26. The molecule has 0 bridgehead atoms. The number of benzene rings is 1. The molecule has 0 spiro atoms. The summed E-state index contributed by atoms with van der Waals surface area (Å²) >= 11 is 11.6. The molecule has 0 amide bonds. The summed E-state index contributed by atoms with van der Waals surface area (Å²) in [4.78, 5) is 11.0. The fourth-order valence-electron chi connectivity index (χ4n) is 1.06. The zero-order valence-corrected chi connectivity index (χ0v) is 9.07. The topological polar surface area (TPSA) is 17.1 Å². The first-order valence-corrected chi connectivity index (χ1v) is 4.86. The van der Waals surface area contributed by atoms with Gasteiger partial charge >= 0.3 is 0 Å². The molecule has 0 aliphatic heterocycles. The lowest BCUT2D eigenvalue weighted by Crippen LogP contribution is -2.01. The summed E-state index contributed by atoms with van der Waals surface area (Å²) in [6.07, 6.45) is 0. The minimum Gasteiger partial charge on any atom is -0.298 e. The Morgan fingerprint density at radius 3 is 2.64 bits per heavy atom. The van der Waals surface area contributed by atoms with Crippen LogP contribution in [0.25, 0.3) is 0 Å². The van der Waals surface area contributed by atoms with Crippen LogP contribution in [-0.2, 0) is 11.5 Å². The molecule has 1 aromatic rings. The summed E-state index contributed by atoms with van der Waals surface area (Å²) in [5.74, 6) is -0.157. The average Bonchev–Trinajstić information content (AvgIpc) is 2.16. The van der Waals surface area contributed by atoms with Gasteiger partial charge in [-0.05, 0) is 18.6 Å². The van der Waals surface area contributed by atoms with E-state index in [0.717, 1.165) is 0 Å². The van der Waals surface area contributed by atoms with Gasteiger partial charge in [-0.2, -0.15) is 0 Å². The van der Waals surface area contributed by atoms with E-state index in [4.69, 9.17) is 23.2 Å². The standard InChI is InChI=1S/C10H9Cl2FO/c1-6(14)10(12)7-2-3-8(5-13)9(11)4-7/h2-4,10H,5H2,1H3. The van der Waals surface area contributed by atoms with Gasteiger partial charge in [0.05, 0.1) is 0 Å². The number of rotatable bonds is 3. The predicted octanol–water partition coefficient (Wildman–Crippen LogP) is 3.68. The van der Waals surface area contributed by atoms with Gasteiger partial charge in [-0.1, -0.05) is 23.7 Å². The van der Waals surface area contributed by atoms with Crippen LogP contribution in [0.15, 0.2) is 18.2 Å². The quantitative estimate of drug-likeness (QED) is 0.730. The van der Waals surface area contributed by atoms with E-state index in [1.165, 1.54) is 19.1 Å². The monoisotopic (exact) mass is 234 g/mol. The second kappa shape index (κ2) is 4.76. The molecule has 1 aromatic carbocycles. The van der Waals surface area contributed by atoms with Crippen molar-refractivity contribution in [1.82, 2.24) is 0 Å². The first-order valence-electron chi connectivity index (χ1n) is 4.05. The predicted molar refractivity (Wildman–Crippen MR) is 55.5 cm³/mol. The summed E-state index contributed by atoms with van der Waals surface area (Å²) in [5, 5.41) is -0.405. The highest BCUT2D eigenvalue weighted by Gasteiger charge is 2.14. The molecule has 0 aliphatic rings. The summed E-state index contributed by atoms with van der Waals surface area (Å²) < 4.78 is 12.3. The first kappa shape index (κ1) is 11.5. The van der Waals surface area contributed by atoms with Gasteiger partial charge in [-0.15, -0.1) is 11.6 Å². The molecule has 0 aromatic heterocycles. The molecule has 1 atom stereocenters. The van der Waals surface area contributed by atoms with Gasteiger partial charge in [0.15, 0.2) is 5.78 Å². The maximum absolute atomic E-state index is 12.3. The third-order valence-electron chi connectivity index (χ3n) is 1.87. The molecule has 1 rings (SSSR count). The zero-order chi connectivity index (χ0) is 10.7. The Kier molecular flexibility index (Phi) is 3.90. The van der Waals surface area contributed by atoms with Gasteiger partial charge < -0.3 is 0 Å². The Hall–Kier alpha value is -0.600. The van der Waals surface area contributed by atoms with Crippen LogP contribution in [0, 0.1) is 0 Å². The van der Waals surface area contributed by atoms with Gasteiger partial charge in [0, 0.05) is 10.6 Å². The van der Waals surface area contributed by atoms with E-state index in [9.17, 15) is 9.18 Å². The molecule has 0 saturated heterocycles. The van der Waals surface area contributed by atoms with Crippen molar-refractivity contribution >= 4 is 29.0 Å². The van der Waals surface area contributed by atoms with Crippen LogP contribution in [0.5, 0.6) is 0 Å². The number of carbonyl (C=O) groups is 1. The van der Waals surface area contributed by atoms with Crippen molar-refractivity contribution in [2.75, 3.05) is 0 Å². The van der Waals surface area contributed by atoms with Crippen LogP contribution in [0.4, 0.5) is 4.39 Å². The minimum atomic E-state index is -0.707. The molecule has 0 fully saturated rings. The lowest BCUT2D eigenvalue weighted by Gasteiger charge is -2.07. The summed E-state index contributed by atoms with van der Waals surface area (Å²) in [6, 6.07) is 4.67.